The third-order valence-corrected chi connectivity index (χ3v) is 7.68. The molecule has 0 saturated heterocycles. The highest BCUT2D eigenvalue weighted by molar-refractivity contribution is 6.66. The number of rotatable bonds is 3. The fourth-order valence-corrected chi connectivity index (χ4v) is 6.97. The maximum atomic E-state index is 11.0. The SMILES string of the molecule is CCCN1N=C([C@H]2C3CC4CC2C[C@@](O)(C4)C3)c2c(cnc3[nH]ccc23)B1O. The molecular formula is C21H27BN4O2. The van der Waals surface area contributed by atoms with Crippen LogP contribution < -0.4 is 5.46 Å². The van der Waals surface area contributed by atoms with Gasteiger partial charge in [0.15, 0.2) is 0 Å². The number of fused-ring (bicyclic) bond motifs is 3. The zero-order valence-electron chi connectivity index (χ0n) is 16.3. The molecule has 28 heavy (non-hydrogen) atoms. The second-order valence-corrected chi connectivity index (χ2v) is 9.57. The first-order chi connectivity index (χ1) is 13.6. The molecule has 7 rings (SSSR count). The summed E-state index contributed by atoms with van der Waals surface area (Å²) in [7, 11) is -0.744. The van der Waals surface area contributed by atoms with E-state index in [1.807, 2.05) is 17.3 Å². The monoisotopic (exact) mass is 378 g/mol. The minimum Gasteiger partial charge on any atom is -0.428 e. The Labute approximate surface area is 165 Å². The maximum absolute atomic E-state index is 11.0. The van der Waals surface area contributed by atoms with Gasteiger partial charge in [0.25, 0.3) is 0 Å². The van der Waals surface area contributed by atoms with Crippen LogP contribution in [0.3, 0.4) is 0 Å². The molecular weight excluding hydrogens is 351 g/mol. The first kappa shape index (κ1) is 17.0. The number of pyridine rings is 1. The summed E-state index contributed by atoms with van der Waals surface area (Å²) >= 11 is 0. The molecule has 4 aliphatic carbocycles. The molecule has 2 aromatic heterocycles. The lowest BCUT2D eigenvalue weighted by atomic mass is 9.48. The molecule has 0 radical (unpaired) electrons. The van der Waals surface area contributed by atoms with Crippen LogP contribution >= 0.6 is 0 Å². The Balaban J connectivity index is 1.52. The maximum Gasteiger partial charge on any atom is 0.468 e. The number of hydrogen-bond acceptors (Lipinski definition) is 5. The van der Waals surface area contributed by atoms with Crippen molar-refractivity contribution in [1.29, 1.82) is 0 Å². The van der Waals surface area contributed by atoms with E-state index < -0.39 is 12.7 Å². The predicted molar refractivity (Wildman–Crippen MR) is 109 cm³/mol. The van der Waals surface area contributed by atoms with Crippen molar-refractivity contribution in [2.24, 2.45) is 28.8 Å². The number of aliphatic hydroxyl groups is 1. The molecule has 6 nitrogen and oxygen atoms in total. The number of hydrazone groups is 1. The van der Waals surface area contributed by atoms with Crippen LogP contribution in [-0.2, 0) is 0 Å². The molecule has 2 unspecified atom stereocenters. The summed E-state index contributed by atoms with van der Waals surface area (Å²) in [5.74, 6) is 2.01. The second kappa shape index (κ2) is 5.83. The summed E-state index contributed by atoms with van der Waals surface area (Å²) in [5, 5.41) is 28.1. The number of aromatic amines is 1. The number of H-pyrrole nitrogens is 1. The number of hydrogen-bond donors (Lipinski definition) is 3. The topological polar surface area (TPSA) is 84.7 Å². The molecule has 3 heterocycles. The van der Waals surface area contributed by atoms with E-state index in [4.69, 9.17) is 5.10 Å². The number of nitrogens with one attached hydrogen (secondary N) is 1. The van der Waals surface area contributed by atoms with Gasteiger partial charge in [0.1, 0.15) is 5.65 Å². The van der Waals surface area contributed by atoms with Crippen molar-refractivity contribution < 1.29 is 10.1 Å². The molecule has 1 aliphatic heterocycles. The number of nitrogens with zero attached hydrogens (tertiary/aromatic N) is 3. The van der Waals surface area contributed by atoms with Crippen molar-refractivity contribution in [3.05, 3.63) is 24.0 Å². The normalized spacial score (nSPS) is 36.2. The highest BCUT2D eigenvalue weighted by Gasteiger charge is 2.57. The van der Waals surface area contributed by atoms with Crippen molar-refractivity contribution in [3.63, 3.8) is 0 Å². The highest BCUT2D eigenvalue weighted by atomic mass is 16.3. The van der Waals surface area contributed by atoms with Gasteiger partial charge >= 0.3 is 7.05 Å². The molecule has 0 spiro atoms. The lowest BCUT2D eigenvalue weighted by Crippen LogP contribution is -2.59. The summed E-state index contributed by atoms with van der Waals surface area (Å²) in [6.45, 7) is 2.84. The van der Waals surface area contributed by atoms with Crippen LogP contribution in [0.4, 0.5) is 0 Å². The first-order valence-corrected chi connectivity index (χ1v) is 10.8. The van der Waals surface area contributed by atoms with Gasteiger partial charge in [-0.25, -0.2) is 4.98 Å². The summed E-state index contributed by atoms with van der Waals surface area (Å²) in [4.78, 5) is 9.60. The predicted octanol–water partition coefficient (Wildman–Crippen LogP) is 1.87. The van der Waals surface area contributed by atoms with Crippen LogP contribution in [0.2, 0.25) is 0 Å². The zero-order chi connectivity index (χ0) is 19.0. The van der Waals surface area contributed by atoms with E-state index in [1.54, 1.807) is 0 Å². The quantitative estimate of drug-likeness (QED) is 0.712. The summed E-state index contributed by atoms with van der Waals surface area (Å²) in [6.07, 6.45) is 9.86. The van der Waals surface area contributed by atoms with Gasteiger partial charge in [0.05, 0.1) is 11.3 Å². The Kier molecular flexibility index (Phi) is 3.55. The second-order valence-electron chi connectivity index (χ2n) is 9.57. The van der Waals surface area contributed by atoms with Gasteiger partial charge in [-0.15, -0.1) is 0 Å². The minimum atomic E-state index is -0.744. The van der Waals surface area contributed by atoms with E-state index in [0.717, 1.165) is 60.0 Å². The molecule has 4 saturated carbocycles. The Bertz CT molecular complexity index is 956. The van der Waals surface area contributed by atoms with Crippen LogP contribution in [0.1, 0.15) is 51.0 Å². The fraction of sp³-hybridized carbons (Fsp3) is 0.619. The Morgan fingerprint density at radius 2 is 2.07 bits per heavy atom. The standard InChI is InChI=1S/C21H27BN4O2/c1-2-5-26-22(28)16-11-24-20-15(3-4-23-20)18(16)19(25-26)17-13-6-12-7-14(17)10-21(27,8-12)9-13/h3-4,11-14,17,27-28H,2,5-10H2,1H3,(H,23,24)/t12?,13?,14?,17-,21+. The van der Waals surface area contributed by atoms with Crippen molar-refractivity contribution in [2.75, 3.05) is 6.54 Å². The van der Waals surface area contributed by atoms with Gasteiger partial charge in [0, 0.05) is 41.3 Å². The van der Waals surface area contributed by atoms with Gasteiger partial charge in [0.2, 0.25) is 0 Å². The molecule has 146 valence electrons. The molecule has 5 aliphatic rings. The fourth-order valence-electron chi connectivity index (χ4n) is 6.97. The molecule has 4 bridgehead atoms. The van der Waals surface area contributed by atoms with Gasteiger partial charge in [-0.05, 0) is 62.3 Å². The zero-order valence-corrected chi connectivity index (χ0v) is 16.3. The van der Waals surface area contributed by atoms with E-state index in [1.165, 1.54) is 12.8 Å². The molecule has 0 amide bonds. The molecule has 3 N–H and O–H groups in total. The van der Waals surface area contributed by atoms with Gasteiger partial charge in [-0.3, -0.25) is 0 Å². The van der Waals surface area contributed by atoms with Crippen molar-refractivity contribution in [1.82, 2.24) is 14.9 Å². The Hall–Kier alpha value is -1.86. The van der Waals surface area contributed by atoms with E-state index in [2.05, 4.69) is 23.0 Å². The third kappa shape index (κ3) is 2.29. The van der Waals surface area contributed by atoms with Crippen LogP contribution in [0, 0.1) is 23.7 Å². The molecule has 4 fully saturated rings. The first-order valence-electron chi connectivity index (χ1n) is 10.8. The van der Waals surface area contributed by atoms with Crippen molar-refractivity contribution in [3.8, 4) is 0 Å². The highest BCUT2D eigenvalue weighted by Crippen LogP contribution is 2.59. The average molecular weight is 378 g/mol. The molecule has 7 heteroatoms. The van der Waals surface area contributed by atoms with E-state index >= 15 is 0 Å². The van der Waals surface area contributed by atoms with Gasteiger partial charge < -0.3 is 20.0 Å². The smallest absolute Gasteiger partial charge is 0.428 e. The Morgan fingerprint density at radius 1 is 1.29 bits per heavy atom. The minimum absolute atomic E-state index is 0.364. The molecule has 2 aromatic rings. The van der Waals surface area contributed by atoms with Crippen LogP contribution in [-0.4, -0.2) is 49.9 Å². The summed E-state index contributed by atoms with van der Waals surface area (Å²) in [5.41, 5.74) is 3.48. The van der Waals surface area contributed by atoms with E-state index in [0.29, 0.717) is 23.7 Å². The largest absolute Gasteiger partial charge is 0.468 e. The number of aromatic nitrogens is 2. The molecule has 0 aromatic carbocycles. The van der Waals surface area contributed by atoms with Gasteiger partial charge in [-0.1, -0.05) is 6.92 Å². The van der Waals surface area contributed by atoms with E-state index in [9.17, 15) is 10.1 Å². The van der Waals surface area contributed by atoms with Crippen LogP contribution in [0.5, 0.6) is 0 Å². The van der Waals surface area contributed by atoms with Crippen molar-refractivity contribution >= 4 is 29.3 Å². The Morgan fingerprint density at radius 3 is 2.79 bits per heavy atom. The average Bonchev–Trinajstić information content (AvgIpc) is 3.12. The summed E-state index contributed by atoms with van der Waals surface area (Å²) < 4.78 is 0. The lowest BCUT2D eigenvalue weighted by Gasteiger charge is -2.58. The van der Waals surface area contributed by atoms with E-state index in [-0.39, 0.29) is 0 Å². The van der Waals surface area contributed by atoms with Crippen LogP contribution in [0.15, 0.2) is 23.6 Å². The van der Waals surface area contributed by atoms with Crippen LogP contribution in [0.25, 0.3) is 11.0 Å². The lowest BCUT2D eigenvalue weighted by molar-refractivity contribution is -0.138. The van der Waals surface area contributed by atoms with Crippen molar-refractivity contribution in [2.45, 2.75) is 51.0 Å². The third-order valence-electron chi connectivity index (χ3n) is 7.68. The molecule has 2 atom stereocenters. The van der Waals surface area contributed by atoms with Gasteiger partial charge in [-0.2, -0.15) is 5.10 Å². The summed E-state index contributed by atoms with van der Waals surface area (Å²) in [6, 6.07) is 2.06.